The number of rotatable bonds is 6. The number of amides is 1. The minimum atomic E-state index is -1.02. The van der Waals surface area contributed by atoms with Crippen LogP contribution >= 0.6 is 11.3 Å². The number of allylic oxidation sites excluding steroid dienone is 1. The van der Waals surface area contributed by atoms with Crippen LogP contribution in [0.1, 0.15) is 71.1 Å². The van der Waals surface area contributed by atoms with Crippen LogP contribution in [0.4, 0.5) is 0 Å². The number of hydrogen-bond donors (Lipinski definition) is 2. The number of thiazole rings is 1. The van der Waals surface area contributed by atoms with Gasteiger partial charge in [-0.3, -0.25) is 9.79 Å². The molecule has 6 nitrogen and oxygen atoms in total. The molecule has 0 aromatic carbocycles. The smallest absolute Gasteiger partial charge is 0.225 e. The predicted molar refractivity (Wildman–Crippen MR) is 109 cm³/mol. The van der Waals surface area contributed by atoms with Gasteiger partial charge in [-0.1, -0.05) is 34.6 Å². The van der Waals surface area contributed by atoms with Crippen LogP contribution in [-0.4, -0.2) is 35.1 Å². The maximum Gasteiger partial charge on any atom is 0.225 e. The van der Waals surface area contributed by atoms with Crippen molar-refractivity contribution < 1.29 is 14.6 Å². The third kappa shape index (κ3) is 5.24. The summed E-state index contributed by atoms with van der Waals surface area (Å²) >= 11 is 1.53. The summed E-state index contributed by atoms with van der Waals surface area (Å²) in [6, 6.07) is -0.138. The third-order valence-electron chi connectivity index (χ3n) is 4.60. The highest BCUT2D eigenvalue weighted by Crippen LogP contribution is 2.30. The molecule has 0 spiro atoms. The number of aliphatic hydroxyl groups excluding tert-OH is 1. The van der Waals surface area contributed by atoms with E-state index in [2.05, 4.69) is 24.2 Å². The van der Waals surface area contributed by atoms with Crippen LogP contribution in [0.15, 0.2) is 21.6 Å². The van der Waals surface area contributed by atoms with Gasteiger partial charge in [0.05, 0.1) is 23.1 Å². The fraction of sp³-hybridized carbons (Fsp3) is 0.650. The summed E-state index contributed by atoms with van der Waals surface area (Å²) < 4.78 is 5.02. The summed E-state index contributed by atoms with van der Waals surface area (Å²) in [6.07, 6.45) is 0.568. The predicted octanol–water partition coefficient (Wildman–Crippen LogP) is 3.82. The van der Waals surface area contributed by atoms with Gasteiger partial charge >= 0.3 is 0 Å². The molecule has 2 N–H and O–H groups in total. The quantitative estimate of drug-likeness (QED) is 0.720. The second kappa shape index (κ2) is 8.63. The SMILES string of the molecule is COC(O)C1=C(C)CCC(c2csc([C@@H](NC(=O)C(C)(C)C)C(C)C)n2)=N1. The van der Waals surface area contributed by atoms with Gasteiger partial charge in [0.15, 0.2) is 6.29 Å². The first-order valence-corrected chi connectivity index (χ1v) is 10.2. The Morgan fingerprint density at radius 2 is 2.00 bits per heavy atom. The molecule has 0 saturated carbocycles. The summed E-state index contributed by atoms with van der Waals surface area (Å²) in [7, 11) is 1.46. The number of nitrogens with one attached hydrogen (secondary N) is 1. The number of aromatic nitrogens is 1. The first-order chi connectivity index (χ1) is 12.5. The van der Waals surface area contributed by atoms with E-state index < -0.39 is 11.7 Å². The van der Waals surface area contributed by atoms with Crippen molar-refractivity contribution in [2.45, 2.75) is 66.7 Å². The van der Waals surface area contributed by atoms with Crippen LogP contribution in [-0.2, 0) is 9.53 Å². The largest absolute Gasteiger partial charge is 0.363 e. The average Bonchev–Trinajstić information content (AvgIpc) is 3.07. The van der Waals surface area contributed by atoms with Crippen LogP contribution in [0, 0.1) is 11.3 Å². The summed E-state index contributed by atoms with van der Waals surface area (Å²) in [5, 5.41) is 16.0. The van der Waals surface area contributed by atoms with E-state index >= 15 is 0 Å². The van der Waals surface area contributed by atoms with E-state index in [1.165, 1.54) is 18.4 Å². The van der Waals surface area contributed by atoms with Crippen LogP contribution in [0.2, 0.25) is 0 Å². The number of hydrogen-bond acceptors (Lipinski definition) is 6. The number of aliphatic imine (C=N–C) groups is 1. The lowest BCUT2D eigenvalue weighted by molar-refractivity contribution is -0.129. The van der Waals surface area contributed by atoms with Crippen molar-refractivity contribution in [3.05, 3.63) is 27.4 Å². The summed E-state index contributed by atoms with van der Waals surface area (Å²) in [6.45, 7) is 11.8. The molecule has 0 saturated heterocycles. The summed E-state index contributed by atoms with van der Waals surface area (Å²) in [5.41, 5.74) is 2.79. The fourth-order valence-corrected chi connectivity index (χ4v) is 3.78. The molecule has 1 aliphatic heterocycles. The molecule has 0 radical (unpaired) electrons. The molecule has 1 unspecified atom stereocenters. The maximum atomic E-state index is 12.4. The van der Waals surface area contributed by atoms with Gasteiger partial charge in [0, 0.05) is 17.9 Å². The lowest BCUT2D eigenvalue weighted by atomic mass is 9.94. The van der Waals surface area contributed by atoms with Crippen molar-refractivity contribution in [2.24, 2.45) is 16.3 Å². The summed E-state index contributed by atoms with van der Waals surface area (Å²) in [5.74, 6) is 0.230. The molecule has 1 aliphatic rings. The minimum absolute atomic E-state index is 0.0111. The van der Waals surface area contributed by atoms with Gasteiger partial charge < -0.3 is 15.2 Å². The van der Waals surface area contributed by atoms with Crippen LogP contribution in [0.25, 0.3) is 0 Å². The number of methoxy groups -OCH3 is 1. The Morgan fingerprint density at radius 3 is 2.56 bits per heavy atom. The zero-order valence-corrected chi connectivity index (χ0v) is 18.1. The number of nitrogens with zero attached hydrogens (tertiary/aromatic N) is 2. The fourth-order valence-electron chi connectivity index (χ4n) is 2.73. The van der Waals surface area contributed by atoms with Gasteiger partial charge in [-0.2, -0.15) is 0 Å². The van der Waals surface area contributed by atoms with Crippen molar-refractivity contribution in [1.29, 1.82) is 0 Å². The Kier molecular flexibility index (Phi) is 6.94. The van der Waals surface area contributed by atoms with Crippen LogP contribution in [0.5, 0.6) is 0 Å². The lowest BCUT2D eigenvalue weighted by Gasteiger charge is -2.25. The molecule has 1 aromatic rings. The Bertz CT molecular complexity index is 744. The minimum Gasteiger partial charge on any atom is -0.363 e. The van der Waals surface area contributed by atoms with Gasteiger partial charge in [-0.15, -0.1) is 11.3 Å². The molecule has 150 valence electrons. The first-order valence-electron chi connectivity index (χ1n) is 9.29. The molecule has 1 amide bonds. The van der Waals surface area contributed by atoms with Crippen LogP contribution < -0.4 is 5.32 Å². The first kappa shape index (κ1) is 21.7. The van der Waals surface area contributed by atoms with Gasteiger partial charge in [-0.05, 0) is 31.3 Å². The molecule has 0 bridgehead atoms. The Morgan fingerprint density at radius 1 is 1.33 bits per heavy atom. The van der Waals surface area contributed by atoms with Gasteiger partial charge in [0.1, 0.15) is 5.01 Å². The Labute approximate surface area is 165 Å². The number of aliphatic hydroxyl groups is 1. The van der Waals surface area contributed by atoms with Crippen LogP contribution in [0.3, 0.4) is 0 Å². The molecule has 2 heterocycles. The number of carbonyl (C=O) groups is 1. The van der Waals surface area contributed by atoms with E-state index in [1.807, 2.05) is 33.1 Å². The molecule has 1 aromatic heterocycles. The zero-order chi connectivity index (χ0) is 20.4. The monoisotopic (exact) mass is 393 g/mol. The van der Waals surface area contributed by atoms with E-state index in [0.29, 0.717) is 5.70 Å². The molecule has 7 heteroatoms. The third-order valence-corrected chi connectivity index (χ3v) is 5.53. The Hall–Kier alpha value is -1.57. The molecular weight excluding hydrogens is 362 g/mol. The second-order valence-corrected chi connectivity index (χ2v) is 9.22. The van der Waals surface area contributed by atoms with Gasteiger partial charge in [-0.25, -0.2) is 4.98 Å². The number of ether oxygens (including phenoxy) is 1. The highest BCUT2D eigenvalue weighted by molar-refractivity contribution is 7.10. The van der Waals surface area contributed by atoms with Crippen molar-refractivity contribution in [3.8, 4) is 0 Å². The lowest BCUT2D eigenvalue weighted by Crippen LogP contribution is -2.39. The average molecular weight is 394 g/mol. The molecule has 2 rings (SSSR count). The second-order valence-electron chi connectivity index (χ2n) is 8.33. The highest BCUT2D eigenvalue weighted by Gasteiger charge is 2.28. The standard InChI is InChI=1S/C20H31N3O3S/c1-11(2)15(23-19(25)20(4,5)6)17-22-14(10-27-17)13-9-8-12(3)16(21-13)18(24)26-7/h10-11,15,18,24H,8-9H2,1-7H3,(H,23,25)/t15-,18?/m0/s1. The number of carbonyl (C=O) groups excluding carboxylic acids is 1. The topological polar surface area (TPSA) is 83.8 Å². The molecule has 27 heavy (non-hydrogen) atoms. The maximum absolute atomic E-state index is 12.4. The summed E-state index contributed by atoms with van der Waals surface area (Å²) in [4.78, 5) is 21.8. The van der Waals surface area contributed by atoms with E-state index in [0.717, 1.165) is 34.8 Å². The Balaban J connectivity index is 2.27. The van der Waals surface area contributed by atoms with Gasteiger partial charge in [0.25, 0.3) is 0 Å². The van der Waals surface area contributed by atoms with E-state index in [-0.39, 0.29) is 17.9 Å². The molecular formula is C20H31N3O3S. The van der Waals surface area contributed by atoms with E-state index in [9.17, 15) is 9.90 Å². The van der Waals surface area contributed by atoms with E-state index in [4.69, 9.17) is 9.72 Å². The van der Waals surface area contributed by atoms with Crippen molar-refractivity contribution in [3.63, 3.8) is 0 Å². The van der Waals surface area contributed by atoms with Crippen molar-refractivity contribution in [2.75, 3.05) is 7.11 Å². The van der Waals surface area contributed by atoms with Gasteiger partial charge in [0.2, 0.25) is 5.91 Å². The highest BCUT2D eigenvalue weighted by atomic mass is 32.1. The van der Waals surface area contributed by atoms with E-state index in [1.54, 1.807) is 0 Å². The normalized spacial score (nSPS) is 17.7. The molecule has 0 aliphatic carbocycles. The molecule has 2 atom stereocenters. The zero-order valence-electron chi connectivity index (χ0n) is 17.3. The van der Waals surface area contributed by atoms with Crippen molar-refractivity contribution >= 4 is 23.0 Å². The van der Waals surface area contributed by atoms with Crippen molar-refractivity contribution in [1.82, 2.24) is 10.3 Å². The molecule has 0 fully saturated rings.